The van der Waals surface area contributed by atoms with Crippen LogP contribution in [0, 0.1) is 0 Å². The van der Waals surface area contributed by atoms with Crippen LogP contribution in [0.1, 0.15) is 42.1 Å². The predicted octanol–water partition coefficient (Wildman–Crippen LogP) is 3.58. The van der Waals surface area contributed by atoms with Crippen molar-refractivity contribution in [3.8, 4) is 5.75 Å². The van der Waals surface area contributed by atoms with Crippen molar-refractivity contribution in [3.05, 3.63) is 59.7 Å². The van der Waals surface area contributed by atoms with E-state index in [9.17, 15) is 9.59 Å². The highest BCUT2D eigenvalue weighted by Crippen LogP contribution is 2.44. The molecule has 0 aliphatic carbocycles. The number of hydrogen-bond donors (Lipinski definition) is 0. The number of piperidine rings is 1. The molecule has 2 aliphatic heterocycles. The van der Waals surface area contributed by atoms with E-state index in [2.05, 4.69) is 0 Å². The maximum atomic E-state index is 13.6. The summed E-state index contributed by atoms with van der Waals surface area (Å²) in [6.45, 7) is 3.38. The number of rotatable bonds is 3. The van der Waals surface area contributed by atoms with E-state index in [1.54, 1.807) is 12.0 Å². The Balaban J connectivity index is 1.82. The minimum atomic E-state index is -1.04. The average Bonchev–Trinajstić information content (AvgIpc) is 2.96. The van der Waals surface area contributed by atoms with Crippen LogP contribution in [0.25, 0.3) is 0 Å². The molecule has 4 rings (SSSR count). The summed E-state index contributed by atoms with van der Waals surface area (Å²) in [5, 5.41) is 0. The third kappa shape index (κ3) is 2.69. The lowest BCUT2D eigenvalue weighted by molar-refractivity contribution is -0.137. The van der Waals surface area contributed by atoms with Gasteiger partial charge in [0.2, 0.25) is 0 Å². The molecule has 0 bridgehead atoms. The maximum absolute atomic E-state index is 13.6. The highest BCUT2D eigenvalue weighted by atomic mass is 16.5. The van der Waals surface area contributed by atoms with Gasteiger partial charge in [0.1, 0.15) is 11.3 Å². The van der Waals surface area contributed by atoms with Crippen molar-refractivity contribution >= 4 is 17.5 Å². The first-order chi connectivity index (χ1) is 13.1. The summed E-state index contributed by atoms with van der Waals surface area (Å²) in [5.74, 6) is 0.576. The van der Waals surface area contributed by atoms with Crippen LogP contribution in [0.15, 0.2) is 48.5 Å². The van der Waals surface area contributed by atoms with Crippen LogP contribution in [0.3, 0.4) is 0 Å². The summed E-state index contributed by atoms with van der Waals surface area (Å²) in [6, 6.07) is 14.8. The zero-order valence-corrected chi connectivity index (χ0v) is 15.8. The molecule has 27 heavy (non-hydrogen) atoms. The summed E-state index contributed by atoms with van der Waals surface area (Å²) in [4.78, 5) is 30.5. The minimum absolute atomic E-state index is 0.00341. The molecule has 1 unspecified atom stereocenters. The quantitative estimate of drug-likeness (QED) is 0.836. The van der Waals surface area contributed by atoms with Gasteiger partial charge in [-0.25, -0.2) is 0 Å². The van der Waals surface area contributed by atoms with E-state index in [1.165, 1.54) is 0 Å². The zero-order valence-electron chi connectivity index (χ0n) is 15.8. The standard InChI is InChI=1S/C22H24N2O3/c1-22(21(26)23-14-6-3-7-15-23)19-9-5-4-8-18(19)20(25)24(22)16-10-12-17(27-2)13-11-16/h4-5,8-13H,3,6-7,14-15H2,1-2H3. The predicted molar refractivity (Wildman–Crippen MR) is 104 cm³/mol. The van der Waals surface area contributed by atoms with Crippen molar-refractivity contribution in [2.24, 2.45) is 0 Å². The number of ether oxygens (including phenoxy) is 1. The molecule has 1 atom stereocenters. The highest BCUT2D eigenvalue weighted by Gasteiger charge is 2.53. The largest absolute Gasteiger partial charge is 0.497 e. The summed E-state index contributed by atoms with van der Waals surface area (Å²) >= 11 is 0. The van der Waals surface area contributed by atoms with Crippen molar-refractivity contribution in [2.45, 2.75) is 31.7 Å². The molecule has 0 saturated carbocycles. The summed E-state index contributed by atoms with van der Waals surface area (Å²) in [7, 11) is 1.61. The molecule has 0 N–H and O–H groups in total. The van der Waals surface area contributed by atoms with E-state index >= 15 is 0 Å². The summed E-state index contributed by atoms with van der Waals surface area (Å²) in [6.07, 6.45) is 3.18. The number of hydrogen-bond acceptors (Lipinski definition) is 3. The lowest BCUT2D eigenvalue weighted by Crippen LogP contribution is -2.55. The Morgan fingerprint density at radius 1 is 1.00 bits per heavy atom. The van der Waals surface area contributed by atoms with Crippen molar-refractivity contribution in [1.29, 1.82) is 0 Å². The van der Waals surface area contributed by atoms with Crippen molar-refractivity contribution in [1.82, 2.24) is 4.90 Å². The van der Waals surface area contributed by atoms with Gasteiger partial charge in [-0.1, -0.05) is 18.2 Å². The number of amides is 2. The molecule has 2 heterocycles. The monoisotopic (exact) mass is 364 g/mol. The van der Waals surface area contributed by atoms with Gasteiger partial charge >= 0.3 is 0 Å². The molecular formula is C22H24N2O3. The first-order valence-corrected chi connectivity index (χ1v) is 9.45. The number of nitrogens with zero attached hydrogens (tertiary/aromatic N) is 2. The molecule has 2 aliphatic rings. The molecular weight excluding hydrogens is 340 g/mol. The molecule has 140 valence electrons. The Morgan fingerprint density at radius 3 is 2.33 bits per heavy atom. The number of fused-ring (bicyclic) bond motifs is 1. The molecule has 2 aromatic carbocycles. The molecule has 1 fully saturated rings. The third-order valence-electron chi connectivity index (χ3n) is 5.72. The maximum Gasteiger partial charge on any atom is 0.259 e. The van der Waals surface area contributed by atoms with Gasteiger partial charge in [-0.2, -0.15) is 0 Å². The number of carbonyl (C=O) groups is 2. The number of anilines is 1. The van der Waals surface area contributed by atoms with E-state index < -0.39 is 5.54 Å². The second-order valence-electron chi connectivity index (χ2n) is 7.31. The van der Waals surface area contributed by atoms with Gasteiger partial charge in [0.05, 0.1) is 7.11 Å². The van der Waals surface area contributed by atoms with Gasteiger partial charge < -0.3 is 9.64 Å². The number of methoxy groups -OCH3 is 1. The van der Waals surface area contributed by atoms with Crippen LogP contribution in [-0.4, -0.2) is 36.9 Å². The Labute approximate surface area is 159 Å². The molecule has 5 heteroatoms. The van der Waals surface area contributed by atoms with E-state index in [0.717, 1.165) is 37.9 Å². The van der Waals surface area contributed by atoms with Gasteiger partial charge in [-0.05, 0) is 62.1 Å². The van der Waals surface area contributed by atoms with Gasteiger partial charge in [-0.3, -0.25) is 14.5 Å². The molecule has 2 amide bonds. The molecule has 0 radical (unpaired) electrons. The van der Waals surface area contributed by atoms with E-state index in [4.69, 9.17) is 4.74 Å². The van der Waals surface area contributed by atoms with Crippen LogP contribution in [0.5, 0.6) is 5.75 Å². The van der Waals surface area contributed by atoms with Crippen LogP contribution < -0.4 is 9.64 Å². The van der Waals surface area contributed by atoms with Crippen LogP contribution >= 0.6 is 0 Å². The van der Waals surface area contributed by atoms with Crippen molar-refractivity contribution in [3.63, 3.8) is 0 Å². The van der Waals surface area contributed by atoms with Crippen LogP contribution in [-0.2, 0) is 10.3 Å². The van der Waals surface area contributed by atoms with Gasteiger partial charge in [0.15, 0.2) is 0 Å². The third-order valence-corrected chi connectivity index (χ3v) is 5.72. The number of carbonyl (C=O) groups excluding carboxylic acids is 2. The molecule has 5 nitrogen and oxygen atoms in total. The topological polar surface area (TPSA) is 49.9 Å². The van der Waals surface area contributed by atoms with Gasteiger partial charge in [-0.15, -0.1) is 0 Å². The molecule has 0 aromatic heterocycles. The van der Waals surface area contributed by atoms with Crippen LogP contribution in [0.4, 0.5) is 5.69 Å². The average molecular weight is 364 g/mol. The normalized spacial score (nSPS) is 21.9. The second kappa shape index (κ2) is 6.72. The summed E-state index contributed by atoms with van der Waals surface area (Å²) < 4.78 is 5.24. The molecule has 2 aromatic rings. The number of likely N-dealkylation sites (tertiary alicyclic amines) is 1. The fraction of sp³-hybridized carbons (Fsp3) is 0.364. The smallest absolute Gasteiger partial charge is 0.259 e. The zero-order chi connectivity index (χ0) is 19.0. The lowest BCUT2D eigenvalue weighted by atomic mass is 9.89. The van der Waals surface area contributed by atoms with E-state index in [0.29, 0.717) is 17.0 Å². The highest BCUT2D eigenvalue weighted by molar-refractivity contribution is 6.17. The van der Waals surface area contributed by atoms with Crippen LogP contribution in [0.2, 0.25) is 0 Å². The van der Waals surface area contributed by atoms with E-state index in [1.807, 2.05) is 60.4 Å². The second-order valence-corrected chi connectivity index (χ2v) is 7.31. The van der Waals surface area contributed by atoms with Gasteiger partial charge in [0.25, 0.3) is 11.8 Å². The Bertz CT molecular complexity index is 871. The Hall–Kier alpha value is -2.82. The first kappa shape index (κ1) is 17.6. The Morgan fingerprint density at radius 2 is 1.67 bits per heavy atom. The lowest BCUT2D eigenvalue weighted by Gasteiger charge is -2.40. The fourth-order valence-electron chi connectivity index (χ4n) is 4.26. The Kier molecular flexibility index (Phi) is 4.38. The number of benzene rings is 2. The SMILES string of the molecule is COc1ccc(N2C(=O)c3ccccc3C2(C)C(=O)N2CCCCC2)cc1. The fourth-order valence-corrected chi connectivity index (χ4v) is 4.26. The van der Waals surface area contributed by atoms with Crippen molar-refractivity contribution < 1.29 is 14.3 Å². The minimum Gasteiger partial charge on any atom is -0.497 e. The van der Waals surface area contributed by atoms with Gasteiger partial charge in [0, 0.05) is 24.3 Å². The summed E-state index contributed by atoms with van der Waals surface area (Å²) in [5.41, 5.74) is 1.03. The molecule has 1 saturated heterocycles. The van der Waals surface area contributed by atoms with E-state index in [-0.39, 0.29) is 11.8 Å². The first-order valence-electron chi connectivity index (χ1n) is 9.45. The van der Waals surface area contributed by atoms with Crippen molar-refractivity contribution in [2.75, 3.05) is 25.1 Å². The molecule has 0 spiro atoms.